The molecule has 0 saturated carbocycles. The van der Waals surface area contributed by atoms with Crippen LogP contribution in [0.1, 0.15) is 50.4 Å². The first-order valence-electron chi connectivity index (χ1n) is 9.42. The number of benzene rings is 1. The first-order chi connectivity index (χ1) is 12.7. The highest BCUT2D eigenvalue weighted by Crippen LogP contribution is 2.21. The van der Waals surface area contributed by atoms with Crippen LogP contribution in [0, 0.1) is 0 Å². The maximum Gasteiger partial charge on any atom is 0.254 e. The first kappa shape index (κ1) is 21.4. The maximum atomic E-state index is 12.6. The van der Waals surface area contributed by atoms with Gasteiger partial charge in [0.05, 0.1) is 11.8 Å². The van der Waals surface area contributed by atoms with Gasteiger partial charge in [-0.05, 0) is 69.1 Å². The van der Waals surface area contributed by atoms with Gasteiger partial charge < -0.3 is 21.1 Å². The van der Waals surface area contributed by atoms with E-state index in [2.05, 4.69) is 37.7 Å². The van der Waals surface area contributed by atoms with Gasteiger partial charge in [0.2, 0.25) is 5.91 Å². The lowest BCUT2D eigenvalue weighted by Gasteiger charge is -2.19. The molecule has 150 valence electrons. The lowest BCUT2D eigenvalue weighted by molar-refractivity contribution is -0.122. The Kier molecular flexibility index (Phi) is 7.41. The van der Waals surface area contributed by atoms with E-state index in [1.165, 1.54) is 0 Å². The molecule has 0 aliphatic carbocycles. The minimum absolute atomic E-state index is 0.135. The standard InChI is InChI=1S/C20H31N3O3S/c1-20(2,3)27(4)12-11-26-14-8-9-16(21)15(13-14)18(24)23-17-7-5-6-10-22-19(17)25/h8-9,13,17H,5-7,10-12H2,1-4H3,(H3-,21,22,23,24,25)/p+1. The predicted molar refractivity (Wildman–Crippen MR) is 112 cm³/mol. The van der Waals surface area contributed by atoms with Crippen molar-refractivity contribution >= 4 is 28.4 Å². The van der Waals surface area contributed by atoms with E-state index in [0.717, 1.165) is 18.6 Å². The van der Waals surface area contributed by atoms with Crippen molar-refractivity contribution in [1.82, 2.24) is 10.6 Å². The topological polar surface area (TPSA) is 93.4 Å². The lowest BCUT2D eigenvalue weighted by Crippen LogP contribution is -2.45. The molecule has 27 heavy (non-hydrogen) atoms. The number of ether oxygens (including phenoxy) is 1. The molecule has 7 heteroatoms. The van der Waals surface area contributed by atoms with Crippen LogP contribution in [0.2, 0.25) is 0 Å². The fraction of sp³-hybridized carbons (Fsp3) is 0.600. The van der Waals surface area contributed by atoms with Crippen LogP contribution in [-0.4, -0.2) is 47.8 Å². The highest BCUT2D eigenvalue weighted by molar-refractivity contribution is 7.97. The molecule has 1 aromatic rings. The SMILES string of the molecule is C[S+](CCOc1ccc(N)c(C(=O)NC2CCCCNC2=O)c1)C(C)(C)C. The summed E-state index contributed by atoms with van der Waals surface area (Å²) < 4.78 is 6.10. The molecule has 0 spiro atoms. The van der Waals surface area contributed by atoms with Crippen LogP contribution in [0.5, 0.6) is 5.75 Å². The van der Waals surface area contributed by atoms with Crippen LogP contribution in [0.3, 0.4) is 0 Å². The Labute approximate surface area is 165 Å². The molecule has 1 heterocycles. The van der Waals surface area contributed by atoms with E-state index in [1.54, 1.807) is 18.2 Å². The number of rotatable bonds is 6. The minimum Gasteiger partial charge on any atom is -0.489 e. The summed E-state index contributed by atoms with van der Waals surface area (Å²) in [5, 5.41) is 5.62. The number of carbonyl (C=O) groups is 2. The molecule has 0 bridgehead atoms. The monoisotopic (exact) mass is 394 g/mol. The molecule has 6 nitrogen and oxygen atoms in total. The Morgan fingerprint density at radius 2 is 2.11 bits per heavy atom. The third-order valence-electron chi connectivity index (χ3n) is 4.81. The van der Waals surface area contributed by atoms with Crippen molar-refractivity contribution in [2.75, 3.05) is 30.9 Å². The molecular formula is C20H32N3O3S+. The summed E-state index contributed by atoms with van der Waals surface area (Å²) in [6.45, 7) is 7.93. The second kappa shape index (κ2) is 9.35. The Bertz CT molecular complexity index is 673. The van der Waals surface area contributed by atoms with E-state index < -0.39 is 6.04 Å². The Morgan fingerprint density at radius 3 is 2.81 bits per heavy atom. The summed E-state index contributed by atoms with van der Waals surface area (Å²) in [6.07, 6.45) is 4.70. The van der Waals surface area contributed by atoms with Gasteiger partial charge in [-0.3, -0.25) is 9.59 Å². The fourth-order valence-electron chi connectivity index (χ4n) is 2.73. The smallest absolute Gasteiger partial charge is 0.254 e. The van der Waals surface area contributed by atoms with E-state index in [-0.39, 0.29) is 27.5 Å². The number of hydrogen-bond donors (Lipinski definition) is 3. The fourth-order valence-corrected chi connectivity index (χ4v) is 3.67. The number of nitrogen functional groups attached to an aromatic ring is 1. The zero-order chi connectivity index (χ0) is 20.0. The molecule has 2 unspecified atom stereocenters. The van der Waals surface area contributed by atoms with Crippen LogP contribution >= 0.6 is 0 Å². The average molecular weight is 395 g/mol. The van der Waals surface area contributed by atoms with Crippen molar-refractivity contribution in [3.63, 3.8) is 0 Å². The number of hydrogen-bond acceptors (Lipinski definition) is 4. The van der Waals surface area contributed by atoms with Crippen LogP contribution < -0.4 is 21.1 Å². The highest BCUT2D eigenvalue weighted by atomic mass is 32.2. The molecule has 4 N–H and O–H groups in total. The van der Waals surface area contributed by atoms with Gasteiger partial charge in [0.25, 0.3) is 5.91 Å². The van der Waals surface area contributed by atoms with Crippen molar-refractivity contribution in [3.05, 3.63) is 23.8 Å². The van der Waals surface area contributed by atoms with Gasteiger partial charge in [-0.25, -0.2) is 0 Å². The molecule has 1 saturated heterocycles. The molecule has 1 aromatic carbocycles. The second-order valence-electron chi connectivity index (χ2n) is 7.86. The highest BCUT2D eigenvalue weighted by Gasteiger charge is 2.29. The van der Waals surface area contributed by atoms with Crippen molar-refractivity contribution in [2.24, 2.45) is 0 Å². The van der Waals surface area contributed by atoms with Crippen molar-refractivity contribution in [3.8, 4) is 5.75 Å². The van der Waals surface area contributed by atoms with Gasteiger partial charge in [0.15, 0.2) is 0 Å². The molecule has 0 aromatic heterocycles. The number of carbonyl (C=O) groups excluding carboxylic acids is 2. The lowest BCUT2D eigenvalue weighted by atomic mass is 10.1. The van der Waals surface area contributed by atoms with Crippen LogP contribution in [0.4, 0.5) is 5.69 Å². The van der Waals surface area contributed by atoms with Crippen LogP contribution in [-0.2, 0) is 15.7 Å². The molecule has 2 rings (SSSR count). The molecule has 2 amide bonds. The van der Waals surface area contributed by atoms with Gasteiger partial charge in [-0.15, -0.1) is 0 Å². The quantitative estimate of drug-likeness (QED) is 0.509. The van der Waals surface area contributed by atoms with E-state index in [1.807, 2.05) is 0 Å². The van der Waals surface area contributed by atoms with Crippen LogP contribution in [0.25, 0.3) is 0 Å². The molecule has 0 radical (unpaired) electrons. The summed E-state index contributed by atoms with van der Waals surface area (Å²) in [5.74, 6) is 1.09. The van der Waals surface area contributed by atoms with E-state index in [9.17, 15) is 9.59 Å². The van der Waals surface area contributed by atoms with Gasteiger partial charge in [-0.2, -0.15) is 0 Å². The van der Waals surface area contributed by atoms with Gasteiger partial charge >= 0.3 is 0 Å². The molecule has 2 atom stereocenters. The zero-order valence-corrected chi connectivity index (χ0v) is 17.6. The Morgan fingerprint density at radius 1 is 1.37 bits per heavy atom. The number of nitrogens with one attached hydrogen (secondary N) is 2. The maximum absolute atomic E-state index is 12.6. The van der Waals surface area contributed by atoms with Crippen molar-refractivity contribution < 1.29 is 14.3 Å². The minimum atomic E-state index is -0.516. The Hall–Kier alpha value is -1.89. The summed E-state index contributed by atoms with van der Waals surface area (Å²) >= 11 is 0. The molecule has 1 aliphatic heterocycles. The second-order valence-corrected chi connectivity index (χ2v) is 10.8. The van der Waals surface area contributed by atoms with E-state index in [4.69, 9.17) is 10.5 Å². The molecule has 1 fully saturated rings. The Balaban J connectivity index is 1.99. The predicted octanol–water partition coefficient (Wildman–Crippen LogP) is 2.09. The van der Waals surface area contributed by atoms with Gasteiger partial charge in [0.1, 0.15) is 28.9 Å². The number of nitrogens with two attached hydrogens (primary N) is 1. The largest absolute Gasteiger partial charge is 0.489 e. The zero-order valence-electron chi connectivity index (χ0n) is 16.8. The van der Waals surface area contributed by atoms with Gasteiger partial charge in [-0.1, -0.05) is 0 Å². The van der Waals surface area contributed by atoms with Crippen molar-refractivity contribution in [2.45, 2.75) is 50.8 Å². The summed E-state index contributed by atoms with van der Waals surface area (Å²) in [4.78, 5) is 24.7. The third-order valence-corrected chi connectivity index (χ3v) is 7.68. The summed E-state index contributed by atoms with van der Waals surface area (Å²) in [5.41, 5.74) is 6.70. The van der Waals surface area contributed by atoms with E-state index in [0.29, 0.717) is 36.6 Å². The first-order valence-corrected chi connectivity index (χ1v) is 11.2. The van der Waals surface area contributed by atoms with Crippen molar-refractivity contribution in [1.29, 1.82) is 0 Å². The van der Waals surface area contributed by atoms with Gasteiger partial charge in [0, 0.05) is 12.2 Å². The summed E-state index contributed by atoms with van der Waals surface area (Å²) in [6, 6.07) is 4.59. The molecule has 1 aliphatic rings. The average Bonchev–Trinajstić information content (AvgIpc) is 2.80. The number of amides is 2. The third kappa shape index (κ3) is 6.34. The molecular weight excluding hydrogens is 362 g/mol. The summed E-state index contributed by atoms with van der Waals surface area (Å²) in [7, 11) is 0.236. The van der Waals surface area contributed by atoms with Crippen LogP contribution in [0.15, 0.2) is 18.2 Å². The normalized spacial score (nSPS) is 19.0. The van der Waals surface area contributed by atoms with E-state index >= 15 is 0 Å². The number of anilines is 1.